The maximum Gasteiger partial charge on any atom is 0.337 e. The molecule has 12 heavy (non-hydrogen) atoms. The number of halogens is 1. The summed E-state index contributed by atoms with van der Waals surface area (Å²) in [7, 11) is 0. The Morgan fingerprint density at radius 1 is 1.58 bits per heavy atom. The van der Waals surface area contributed by atoms with Crippen LogP contribution in [0.15, 0.2) is 24.8 Å². The third kappa shape index (κ3) is 1.66. The van der Waals surface area contributed by atoms with E-state index in [1.165, 1.54) is 6.07 Å². The minimum Gasteiger partial charge on any atom is -0.478 e. The largest absolute Gasteiger partial charge is 0.478 e. The summed E-state index contributed by atoms with van der Waals surface area (Å²) in [4.78, 5) is 10.5. The average Bonchev–Trinajstić information content (AvgIpc) is 2.03. The van der Waals surface area contributed by atoms with E-state index in [0.29, 0.717) is 0 Å². The number of hydrogen-bond acceptors (Lipinski definition) is 1. The van der Waals surface area contributed by atoms with Gasteiger partial charge in [-0.15, -0.1) is 0 Å². The van der Waals surface area contributed by atoms with Crippen LogP contribution in [0.4, 0.5) is 0 Å². The summed E-state index contributed by atoms with van der Waals surface area (Å²) >= 11 is 5.67. The Balaban J connectivity index is 3.20. The van der Waals surface area contributed by atoms with Crippen LogP contribution in [0.25, 0.3) is 6.08 Å². The van der Waals surface area contributed by atoms with E-state index in [1.807, 2.05) is 0 Å². The summed E-state index contributed by atoms with van der Waals surface area (Å²) in [6.45, 7) is 3.54. The van der Waals surface area contributed by atoms with Gasteiger partial charge in [-0.25, -0.2) is 4.79 Å². The summed E-state index contributed by atoms with van der Waals surface area (Å²) in [6, 6.07) is 4.68. The first-order valence-electron chi connectivity index (χ1n) is 3.30. The number of aromatic carboxylic acids is 1. The molecule has 0 radical (unpaired) electrons. The van der Waals surface area contributed by atoms with Gasteiger partial charge in [-0.2, -0.15) is 0 Å². The minimum atomic E-state index is -1.02. The molecule has 1 aromatic rings. The minimum absolute atomic E-state index is 0.113. The summed E-state index contributed by atoms with van der Waals surface area (Å²) in [5.74, 6) is -1.02. The van der Waals surface area contributed by atoms with E-state index < -0.39 is 5.97 Å². The van der Waals surface area contributed by atoms with Gasteiger partial charge in [0.05, 0.1) is 10.6 Å². The first-order valence-corrected chi connectivity index (χ1v) is 3.68. The number of rotatable bonds is 2. The maximum absolute atomic E-state index is 10.5. The van der Waals surface area contributed by atoms with Crippen molar-refractivity contribution >= 4 is 23.6 Å². The van der Waals surface area contributed by atoms with E-state index in [4.69, 9.17) is 16.7 Å². The van der Waals surface area contributed by atoms with Gasteiger partial charge in [0.1, 0.15) is 0 Å². The molecule has 1 N–H and O–H groups in total. The third-order valence-corrected chi connectivity index (χ3v) is 1.77. The average molecular weight is 183 g/mol. The van der Waals surface area contributed by atoms with Crippen LogP contribution in [-0.4, -0.2) is 11.1 Å². The molecule has 0 fully saturated rings. The van der Waals surface area contributed by atoms with Crippen LogP contribution < -0.4 is 0 Å². The van der Waals surface area contributed by atoms with Crippen LogP contribution in [0.2, 0.25) is 5.02 Å². The molecular weight excluding hydrogens is 176 g/mol. The van der Waals surface area contributed by atoms with E-state index in [-0.39, 0.29) is 10.6 Å². The lowest BCUT2D eigenvalue weighted by Crippen LogP contribution is -1.96. The number of carboxylic acid groups (broad SMARTS) is 1. The van der Waals surface area contributed by atoms with Crippen LogP contribution in [0.1, 0.15) is 15.9 Å². The number of hydrogen-bond donors (Lipinski definition) is 1. The molecule has 2 nitrogen and oxygen atoms in total. The molecular formula is C9H7ClO2. The van der Waals surface area contributed by atoms with Gasteiger partial charge >= 0.3 is 5.97 Å². The lowest BCUT2D eigenvalue weighted by atomic mass is 10.1. The van der Waals surface area contributed by atoms with Gasteiger partial charge in [0, 0.05) is 0 Å². The van der Waals surface area contributed by atoms with Crippen molar-refractivity contribution in [3.8, 4) is 0 Å². The molecule has 0 saturated heterocycles. The Bertz CT molecular complexity index is 331. The van der Waals surface area contributed by atoms with E-state index in [9.17, 15) is 4.79 Å². The van der Waals surface area contributed by atoms with Crippen molar-refractivity contribution in [2.45, 2.75) is 0 Å². The SMILES string of the molecule is C=Cc1ccc(C(=O)O)c(Cl)c1. The molecule has 1 rings (SSSR count). The molecule has 0 aliphatic rings. The van der Waals surface area contributed by atoms with Crippen LogP contribution in [0.5, 0.6) is 0 Å². The highest BCUT2D eigenvalue weighted by Crippen LogP contribution is 2.18. The highest BCUT2D eigenvalue weighted by atomic mass is 35.5. The predicted molar refractivity (Wildman–Crippen MR) is 48.5 cm³/mol. The molecule has 1 aromatic carbocycles. The molecule has 0 aromatic heterocycles. The fraction of sp³-hybridized carbons (Fsp3) is 0. The Labute approximate surface area is 75.1 Å². The second-order valence-electron chi connectivity index (χ2n) is 2.25. The molecule has 0 amide bonds. The maximum atomic E-state index is 10.5. The molecule has 62 valence electrons. The van der Waals surface area contributed by atoms with Crippen LogP contribution in [0.3, 0.4) is 0 Å². The summed E-state index contributed by atoms with van der Waals surface area (Å²) in [5.41, 5.74) is 0.923. The molecule has 3 heteroatoms. The lowest BCUT2D eigenvalue weighted by Gasteiger charge is -1.98. The van der Waals surface area contributed by atoms with Gasteiger partial charge in [0.25, 0.3) is 0 Å². The number of carboxylic acids is 1. The van der Waals surface area contributed by atoms with E-state index >= 15 is 0 Å². The van der Waals surface area contributed by atoms with Gasteiger partial charge < -0.3 is 5.11 Å². The fourth-order valence-corrected chi connectivity index (χ4v) is 1.10. The molecule has 0 bridgehead atoms. The predicted octanol–water partition coefficient (Wildman–Crippen LogP) is 2.68. The first kappa shape index (κ1) is 8.81. The van der Waals surface area contributed by atoms with E-state index in [1.54, 1.807) is 18.2 Å². The Morgan fingerprint density at radius 2 is 2.25 bits per heavy atom. The van der Waals surface area contributed by atoms with Gasteiger partial charge in [-0.05, 0) is 17.7 Å². The molecule has 0 atom stereocenters. The quantitative estimate of drug-likeness (QED) is 0.764. The van der Waals surface area contributed by atoms with Crippen molar-refractivity contribution in [1.29, 1.82) is 0 Å². The van der Waals surface area contributed by atoms with Crippen molar-refractivity contribution in [3.05, 3.63) is 40.9 Å². The molecule has 0 aliphatic carbocycles. The van der Waals surface area contributed by atoms with Crippen molar-refractivity contribution < 1.29 is 9.90 Å². The standard InChI is InChI=1S/C9H7ClO2/c1-2-6-3-4-7(9(11)12)8(10)5-6/h2-5H,1H2,(H,11,12). The van der Waals surface area contributed by atoms with Crippen LogP contribution in [0, 0.1) is 0 Å². The van der Waals surface area contributed by atoms with E-state index in [0.717, 1.165) is 5.56 Å². The summed E-state index contributed by atoms with van der Waals surface area (Å²) < 4.78 is 0. The van der Waals surface area contributed by atoms with Gasteiger partial charge in [0.15, 0.2) is 0 Å². The van der Waals surface area contributed by atoms with Crippen LogP contribution in [-0.2, 0) is 0 Å². The highest BCUT2D eigenvalue weighted by molar-refractivity contribution is 6.33. The van der Waals surface area contributed by atoms with Crippen molar-refractivity contribution in [3.63, 3.8) is 0 Å². The monoisotopic (exact) mass is 182 g/mol. The topological polar surface area (TPSA) is 37.3 Å². The third-order valence-electron chi connectivity index (χ3n) is 1.46. The van der Waals surface area contributed by atoms with E-state index in [2.05, 4.69) is 6.58 Å². The van der Waals surface area contributed by atoms with Gasteiger partial charge in [-0.3, -0.25) is 0 Å². The molecule has 0 heterocycles. The Kier molecular flexibility index (Phi) is 2.51. The summed E-state index contributed by atoms with van der Waals surface area (Å²) in [5, 5.41) is 8.85. The first-order chi connectivity index (χ1) is 5.65. The van der Waals surface area contributed by atoms with Crippen molar-refractivity contribution in [1.82, 2.24) is 0 Å². The smallest absolute Gasteiger partial charge is 0.337 e. The zero-order chi connectivity index (χ0) is 9.14. The number of benzene rings is 1. The van der Waals surface area contributed by atoms with Crippen molar-refractivity contribution in [2.24, 2.45) is 0 Å². The van der Waals surface area contributed by atoms with Gasteiger partial charge in [0.2, 0.25) is 0 Å². The molecule has 0 saturated carbocycles. The lowest BCUT2D eigenvalue weighted by molar-refractivity contribution is 0.0697. The fourth-order valence-electron chi connectivity index (χ4n) is 0.832. The zero-order valence-corrected chi connectivity index (χ0v) is 7.01. The zero-order valence-electron chi connectivity index (χ0n) is 6.25. The second kappa shape index (κ2) is 3.41. The Hall–Kier alpha value is -1.28. The molecule has 0 aliphatic heterocycles. The summed E-state index contributed by atoms with van der Waals surface area (Å²) in [6.07, 6.45) is 1.61. The Morgan fingerprint density at radius 3 is 2.67 bits per heavy atom. The molecule has 0 spiro atoms. The van der Waals surface area contributed by atoms with Gasteiger partial charge in [-0.1, -0.05) is 30.3 Å². The molecule has 0 unspecified atom stereocenters. The number of carbonyl (C=O) groups is 1. The highest BCUT2D eigenvalue weighted by Gasteiger charge is 2.07. The van der Waals surface area contributed by atoms with Crippen molar-refractivity contribution in [2.75, 3.05) is 0 Å². The normalized spacial score (nSPS) is 9.42. The second-order valence-corrected chi connectivity index (χ2v) is 2.66. The van der Waals surface area contributed by atoms with Crippen LogP contribution >= 0.6 is 11.6 Å².